The van der Waals surface area contributed by atoms with Gasteiger partial charge < -0.3 is 10.6 Å². The van der Waals surface area contributed by atoms with E-state index in [0.29, 0.717) is 6.07 Å². The Bertz CT molecular complexity index is 730. The standard InChI is InChI=1S/C15H16F4N4O/c1-8(2)7-23-13(14(18)19)12(6-20-23)22-15(24)21-11-4-3-9(16)5-10(11)17/h3-6,8,14H,7H2,1-2H3,(H2,21,22,24). The molecule has 1 aromatic carbocycles. The summed E-state index contributed by atoms with van der Waals surface area (Å²) >= 11 is 0. The average molecular weight is 344 g/mol. The van der Waals surface area contributed by atoms with Crippen molar-refractivity contribution in [2.75, 3.05) is 10.6 Å². The van der Waals surface area contributed by atoms with Crippen LogP contribution in [0.25, 0.3) is 0 Å². The van der Waals surface area contributed by atoms with E-state index in [1.165, 1.54) is 0 Å². The molecule has 0 saturated carbocycles. The summed E-state index contributed by atoms with van der Waals surface area (Å²) in [5.74, 6) is -1.69. The number of hydrogen-bond acceptors (Lipinski definition) is 2. The summed E-state index contributed by atoms with van der Waals surface area (Å²) in [6, 6.07) is 1.65. The fourth-order valence-corrected chi connectivity index (χ4v) is 2.08. The molecule has 9 heteroatoms. The molecule has 2 aromatic rings. The topological polar surface area (TPSA) is 59.0 Å². The van der Waals surface area contributed by atoms with Crippen molar-refractivity contribution in [3.8, 4) is 0 Å². The fourth-order valence-electron chi connectivity index (χ4n) is 2.08. The highest BCUT2D eigenvalue weighted by Crippen LogP contribution is 2.28. The first kappa shape index (κ1) is 17.8. The van der Waals surface area contributed by atoms with Gasteiger partial charge in [-0.2, -0.15) is 5.10 Å². The number of alkyl halides is 2. The largest absolute Gasteiger partial charge is 0.323 e. The third kappa shape index (κ3) is 4.24. The highest BCUT2D eigenvalue weighted by Gasteiger charge is 2.22. The van der Waals surface area contributed by atoms with E-state index >= 15 is 0 Å². The van der Waals surface area contributed by atoms with Crippen molar-refractivity contribution in [2.24, 2.45) is 5.92 Å². The van der Waals surface area contributed by atoms with E-state index in [-0.39, 0.29) is 23.8 Å². The Kier molecular flexibility index (Phi) is 5.42. The SMILES string of the molecule is CC(C)Cn1ncc(NC(=O)Nc2ccc(F)cc2F)c1C(F)F. The number of rotatable bonds is 5. The molecule has 5 nitrogen and oxygen atoms in total. The second-order valence-corrected chi connectivity index (χ2v) is 5.52. The van der Waals surface area contributed by atoms with E-state index in [9.17, 15) is 22.4 Å². The Balaban J connectivity index is 2.15. The van der Waals surface area contributed by atoms with Crippen LogP contribution in [0.5, 0.6) is 0 Å². The maximum absolute atomic E-state index is 13.5. The van der Waals surface area contributed by atoms with E-state index in [1.807, 2.05) is 13.8 Å². The molecule has 0 spiro atoms. The lowest BCUT2D eigenvalue weighted by molar-refractivity contribution is 0.138. The van der Waals surface area contributed by atoms with Crippen LogP contribution in [0, 0.1) is 17.6 Å². The molecule has 0 radical (unpaired) electrons. The summed E-state index contributed by atoms with van der Waals surface area (Å²) in [6.45, 7) is 3.94. The normalized spacial score (nSPS) is 11.2. The van der Waals surface area contributed by atoms with Gasteiger partial charge in [-0.05, 0) is 18.1 Å². The maximum Gasteiger partial charge on any atom is 0.323 e. The quantitative estimate of drug-likeness (QED) is 0.790. The number of hydrogen-bond donors (Lipinski definition) is 2. The number of anilines is 2. The van der Waals surface area contributed by atoms with Crippen molar-refractivity contribution in [3.63, 3.8) is 0 Å². The van der Waals surface area contributed by atoms with Crippen molar-refractivity contribution in [3.05, 3.63) is 41.7 Å². The Labute approximate surface area is 135 Å². The third-order valence-corrected chi connectivity index (χ3v) is 3.05. The van der Waals surface area contributed by atoms with Crippen LogP contribution in [0.4, 0.5) is 33.7 Å². The molecule has 0 fully saturated rings. The first-order valence-electron chi connectivity index (χ1n) is 7.14. The van der Waals surface area contributed by atoms with Crippen molar-refractivity contribution < 1.29 is 22.4 Å². The predicted octanol–water partition coefficient (Wildman–Crippen LogP) is 4.40. The molecule has 0 unspecified atom stereocenters. The number of carbonyl (C=O) groups is 1. The summed E-state index contributed by atoms with van der Waals surface area (Å²) in [4.78, 5) is 11.9. The molecule has 0 aliphatic heterocycles. The number of nitrogens with one attached hydrogen (secondary N) is 2. The summed E-state index contributed by atoms with van der Waals surface area (Å²) < 4.78 is 53.9. The zero-order valence-electron chi connectivity index (χ0n) is 13.0. The number of urea groups is 1. The Morgan fingerprint density at radius 3 is 2.46 bits per heavy atom. The highest BCUT2D eigenvalue weighted by atomic mass is 19.3. The van der Waals surface area contributed by atoms with Crippen LogP contribution >= 0.6 is 0 Å². The summed E-state index contributed by atoms with van der Waals surface area (Å²) in [7, 11) is 0. The van der Waals surface area contributed by atoms with Gasteiger partial charge in [-0.25, -0.2) is 22.4 Å². The molecule has 0 saturated heterocycles. The monoisotopic (exact) mass is 344 g/mol. The van der Waals surface area contributed by atoms with Crippen molar-refractivity contribution in [2.45, 2.75) is 26.8 Å². The number of aromatic nitrogens is 2. The van der Waals surface area contributed by atoms with Crippen LogP contribution in [0.1, 0.15) is 26.0 Å². The predicted molar refractivity (Wildman–Crippen MR) is 81.0 cm³/mol. The molecule has 0 atom stereocenters. The van der Waals surface area contributed by atoms with Crippen molar-refractivity contribution in [1.29, 1.82) is 0 Å². The van der Waals surface area contributed by atoms with Gasteiger partial charge in [0.15, 0.2) is 0 Å². The molecule has 130 valence electrons. The van der Waals surface area contributed by atoms with Gasteiger partial charge in [0, 0.05) is 12.6 Å². The Hall–Kier alpha value is -2.58. The van der Waals surface area contributed by atoms with Crippen LogP contribution in [0.3, 0.4) is 0 Å². The number of halogens is 4. The van der Waals surface area contributed by atoms with Gasteiger partial charge in [0.05, 0.1) is 17.6 Å². The van der Waals surface area contributed by atoms with E-state index in [2.05, 4.69) is 15.7 Å². The minimum absolute atomic E-state index is 0.0809. The molecule has 0 aliphatic carbocycles. The average Bonchev–Trinajstić information content (AvgIpc) is 2.83. The van der Waals surface area contributed by atoms with Crippen LogP contribution in [-0.4, -0.2) is 15.8 Å². The molecule has 0 aliphatic rings. The van der Waals surface area contributed by atoms with Gasteiger partial charge >= 0.3 is 6.03 Å². The number of amides is 2. The Morgan fingerprint density at radius 1 is 1.21 bits per heavy atom. The third-order valence-electron chi connectivity index (χ3n) is 3.05. The van der Waals surface area contributed by atoms with Gasteiger partial charge in [-0.3, -0.25) is 4.68 Å². The van der Waals surface area contributed by atoms with E-state index in [1.54, 1.807) is 0 Å². The second-order valence-electron chi connectivity index (χ2n) is 5.52. The van der Waals surface area contributed by atoms with Gasteiger partial charge in [0.25, 0.3) is 6.43 Å². The summed E-state index contributed by atoms with van der Waals surface area (Å²) in [6.07, 6.45) is -1.74. The zero-order chi connectivity index (χ0) is 17.9. The molecule has 24 heavy (non-hydrogen) atoms. The number of carbonyl (C=O) groups excluding carboxylic acids is 1. The van der Waals surface area contributed by atoms with Crippen molar-refractivity contribution >= 4 is 17.4 Å². The molecule has 1 heterocycles. The molecular weight excluding hydrogens is 328 g/mol. The lowest BCUT2D eigenvalue weighted by Crippen LogP contribution is -2.21. The lowest BCUT2D eigenvalue weighted by atomic mass is 10.2. The van der Waals surface area contributed by atoms with Gasteiger partial charge in [0.2, 0.25) is 0 Å². The first-order valence-corrected chi connectivity index (χ1v) is 7.14. The smallest absolute Gasteiger partial charge is 0.305 e. The lowest BCUT2D eigenvalue weighted by Gasteiger charge is -2.12. The molecule has 1 aromatic heterocycles. The Morgan fingerprint density at radius 2 is 1.88 bits per heavy atom. The van der Waals surface area contributed by atoms with E-state index < -0.39 is 29.8 Å². The molecule has 2 amide bonds. The van der Waals surface area contributed by atoms with Gasteiger partial charge in [-0.15, -0.1) is 0 Å². The number of benzene rings is 1. The fraction of sp³-hybridized carbons (Fsp3) is 0.333. The van der Waals surface area contributed by atoms with E-state index in [0.717, 1.165) is 23.0 Å². The summed E-state index contributed by atoms with van der Waals surface area (Å²) in [5, 5.41) is 8.17. The maximum atomic E-state index is 13.5. The van der Waals surface area contributed by atoms with E-state index in [4.69, 9.17) is 0 Å². The number of nitrogens with zero attached hydrogens (tertiary/aromatic N) is 2. The zero-order valence-corrected chi connectivity index (χ0v) is 13.0. The molecule has 0 bridgehead atoms. The van der Waals surface area contributed by atoms with Gasteiger partial charge in [0.1, 0.15) is 17.3 Å². The minimum atomic E-state index is -2.84. The molecule has 2 N–H and O–H groups in total. The summed E-state index contributed by atoms with van der Waals surface area (Å²) in [5.41, 5.74) is -0.883. The molecular formula is C15H16F4N4O. The van der Waals surface area contributed by atoms with Gasteiger partial charge in [-0.1, -0.05) is 13.8 Å². The van der Waals surface area contributed by atoms with Crippen LogP contribution in [0.15, 0.2) is 24.4 Å². The van der Waals surface area contributed by atoms with Crippen LogP contribution in [-0.2, 0) is 6.54 Å². The first-order chi connectivity index (χ1) is 11.3. The van der Waals surface area contributed by atoms with Crippen molar-refractivity contribution in [1.82, 2.24) is 9.78 Å². The van der Waals surface area contributed by atoms with Crippen LogP contribution < -0.4 is 10.6 Å². The molecule has 2 rings (SSSR count). The highest BCUT2D eigenvalue weighted by molar-refractivity contribution is 6.00. The van der Waals surface area contributed by atoms with Crippen LogP contribution in [0.2, 0.25) is 0 Å². The minimum Gasteiger partial charge on any atom is -0.305 e. The second kappa shape index (κ2) is 7.33.